The van der Waals surface area contributed by atoms with Gasteiger partial charge in [0.15, 0.2) is 0 Å². The highest BCUT2D eigenvalue weighted by molar-refractivity contribution is 5.90. The van der Waals surface area contributed by atoms with Crippen molar-refractivity contribution in [3.05, 3.63) is 29.0 Å². The van der Waals surface area contributed by atoms with Crippen LogP contribution in [0.5, 0.6) is 0 Å². The van der Waals surface area contributed by atoms with Gasteiger partial charge in [-0.2, -0.15) is 31.4 Å². The van der Waals surface area contributed by atoms with Crippen LogP contribution in [0.2, 0.25) is 0 Å². The van der Waals surface area contributed by atoms with Gasteiger partial charge < -0.3 is 14.5 Å². The summed E-state index contributed by atoms with van der Waals surface area (Å²) in [7, 11) is 0. The van der Waals surface area contributed by atoms with Gasteiger partial charge in [0.1, 0.15) is 0 Å². The Morgan fingerprint density at radius 3 is 2.38 bits per heavy atom. The fraction of sp³-hybridized carbons (Fsp3) is 0.654. The lowest BCUT2D eigenvalue weighted by atomic mass is 9.73. The average Bonchev–Trinajstić information content (AvgIpc) is 3.50. The van der Waals surface area contributed by atoms with Crippen molar-refractivity contribution in [2.75, 3.05) is 13.2 Å². The van der Waals surface area contributed by atoms with E-state index in [0.717, 1.165) is 17.0 Å². The highest BCUT2D eigenvalue weighted by Gasteiger charge is 2.55. The van der Waals surface area contributed by atoms with E-state index < -0.39 is 41.3 Å². The maximum Gasteiger partial charge on any atom is 0.471 e. The Balaban J connectivity index is 1.44. The van der Waals surface area contributed by atoms with E-state index in [1.165, 1.54) is 4.90 Å². The standard InChI is InChI=1S/C26H30F6N4O3/c1-14(2)24(6-3-18(11-24)36(23(38)26(30,31)32)17-4-7-39-8-5-17)22(37)35-12-15-9-16(25(27,28)29)10-19-21(15)20(13-35)34-33-19/h9-10,14,17-18H,3-8,11-13H2,1-2H3,(H,33,34)/t18-,24+/m1/s1. The second-order valence-corrected chi connectivity index (χ2v) is 11.1. The molecular weight excluding hydrogens is 530 g/mol. The van der Waals surface area contributed by atoms with Crippen LogP contribution < -0.4 is 0 Å². The Bertz CT molecular complexity index is 1270. The van der Waals surface area contributed by atoms with Crippen molar-refractivity contribution < 1.29 is 40.7 Å². The zero-order valence-corrected chi connectivity index (χ0v) is 21.6. The number of nitrogens with one attached hydrogen (secondary N) is 1. The number of rotatable bonds is 4. The minimum Gasteiger partial charge on any atom is -0.381 e. The molecule has 1 saturated carbocycles. The Morgan fingerprint density at radius 2 is 1.77 bits per heavy atom. The third kappa shape index (κ3) is 4.87. The predicted octanol–water partition coefficient (Wildman–Crippen LogP) is 5.19. The molecule has 1 saturated heterocycles. The number of H-pyrrole nitrogens is 1. The second-order valence-electron chi connectivity index (χ2n) is 11.1. The number of ether oxygens (including phenoxy) is 1. The maximum absolute atomic E-state index is 14.1. The van der Waals surface area contributed by atoms with Crippen LogP contribution in [0.3, 0.4) is 0 Å². The summed E-state index contributed by atoms with van der Waals surface area (Å²) in [4.78, 5) is 29.1. The molecule has 214 valence electrons. The van der Waals surface area contributed by atoms with Crippen molar-refractivity contribution >= 4 is 22.7 Å². The molecule has 0 radical (unpaired) electrons. The molecule has 1 aliphatic carbocycles. The van der Waals surface area contributed by atoms with Crippen LogP contribution >= 0.6 is 0 Å². The molecule has 0 spiro atoms. The first-order valence-corrected chi connectivity index (χ1v) is 13.1. The van der Waals surface area contributed by atoms with Gasteiger partial charge in [0.05, 0.1) is 28.7 Å². The molecule has 1 aromatic carbocycles. The lowest BCUT2D eigenvalue weighted by Crippen LogP contribution is -2.54. The highest BCUT2D eigenvalue weighted by Crippen LogP contribution is 2.49. The normalized spacial score (nSPS) is 24.5. The summed E-state index contributed by atoms with van der Waals surface area (Å²) in [5.41, 5.74) is -0.939. The summed E-state index contributed by atoms with van der Waals surface area (Å²) in [6.07, 6.45) is -8.55. The van der Waals surface area contributed by atoms with Crippen LogP contribution in [-0.2, 0) is 33.6 Å². The first kappa shape index (κ1) is 27.7. The molecule has 0 bridgehead atoms. The first-order valence-electron chi connectivity index (χ1n) is 13.1. The number of hydrogen-bond acceptors (Lipinski definition) is 4. The lowest BCUT2D eigenvalue weighted by molar-refractivity contribution is -0.192. The molecule has 2 aliphatic heterocycles. The van der Waals surface area contributed by atoms with Crippen LogP contribution in [-0.4, -0.2) is 63.3 Å². The van der Waals surface area contributed by atoms with Gasteiger partial charge in [0.2, 0.25) is 5.91 Å². The number of carbonyl (C=O) groups is 2. The molecule has 2 amide bonds. The maximum atomic E-state index is 14.1. The number of carbonyl (C=O) groups excluding carboxylic acids is 2. The molecule has 2 fully saturated rings. The monoisotopic (exact) mass is 560 g/mol. The minimum absolute atomic E-state index is 0.0462. The van der Waals surface area contributed by atoms with Crippen LogP contribution in [0, 0.1) is 11.3 Å². The first-order chi connectivity index (χ1) is 18.2. The van der Waals surface area contributed by atoms with E-state index in [1.807, 2.05) is 13.8 Å². The molecule has 0 unspecified atom stereocenters. The SMILES string of the molecule is CC(C)[C@]1(C(=O)N2Cc3cc(C(F)(F)F)cc4[nH]nc(c34)C2)CC[C@@H](N(C(=O)C(F)(F)F)C2CCOCC2)C1. The van der Waals surface area contributed by atoms with Crippen LogP contribution in [0.4, 0.5) is 26.3 Å². The zero-order chi connectivity index (χ0) is 28.3. The number of amides is 2. The van der Waals surface area contributed by atoms with E-state index in [4.69, 9.17) is 4.74 Å². The molecule has 39 heavy (non-hydrogen) atoms. The summed E-state index contributed by atoms with van der Waals surface area (Å²) in [5, 5.41) is 7.34. The molecule has 13 heteroatoms. The molecule has 7 nitrogen and oxygen atoms in total. The Morgan fingerprint density at radius 1 is 1.08 bits per heavy atom. The quantitative estimate of drug-likeness (QED) is 0.523. The fourth-order valence-electron chi connectivity index (χ4n) is 6.61. The van der Waals surface area contributed by atoms with Crippen LogP contribution in [0.15, 0.2) is 12.1 Å². The van der Waals surface area contributed by atoms with Gasteiger partial charge >= 0.3 is 18.3 Å². The van der Waals surface area contributed by atoms with Gasteiger partial charge in [0.25, 0.3) is 0 Å². The predicted molar refractivity (Wildman–Crippen MR) is 127 cm³/mol. The average molecular weight is 561 g/mol. The Hall–Kier alpha value is -2.83. The molecule has 2 aromatic rings. The van der Waals surface area contributed by atoms with E-state index in [-0.39, 0.29) is 75.7 Å². The molecular formula is C26H30F6N4O3. The van der Waals surface area contributed by atoms with Gasteiger partial charge in [-0.05, 0) is 55.7 Å². The van der Waals surface area contributed by atoms with E-state index in [1.54, 1.807) is 0 Å². The number of aromatic nitrogens is 2. The van der Waals surface area contributed by atoms with E-state index in [2.05, 4.69) is 10.2 Å². The van der Waals surface area contributed by atoms with Crippen molar-refractivity contribution in [2.45, 2.75) is 83.5 Å². The molecule has 1 N–H and O–H groups in total. The van der Waals surface area contributed by atoms with Crippen molar-refractivity contribution in [1.82, 2.24) is 20.0 Å². The summed E-state index contributed by atoms with van der Waals surface area (Å²) < 4.78 is 86.8. The smallest absolute Gasteiger partial charge is 0.381 e. The van der Waals surface area contributed by atoms with Crippen molar-refractivity contribution in [3.8, 4) is 0 Å². The molecule has 3 heterocycles. The van der Waals surface area contributed by atoms with Gasteiger partial charge in [-0.3, -0.25) is 14.7 Å². The molecule has 2 atom stereocenters. The highest BCUT2D eigenvalue weighted by atomic mass is 19.4. The Labute approximate surface area is 220 Å². The van der Waals surface area contributed by atoms with Crippen LogP contribution in [0.25, 0.3) is 10.9 Å². The van der Waals surface area contributed by atoms with E-state index >= 15 is 0 Å². The van der Waals surface area contributed by atoms with Gasteiger partial charge in [-0.15, -0.1) is 0 Å². The summed E-state index contributed by atoms with van der Waals surface area (Å²) in [6.45, 7) is 4.13. The van der Waals surface area contributed by atoms with Crippen molar-refractivity contribution in [3.63, 3.8) is 0 Å². The fourth-order valence-corrected chi connectivity index (χ4v) is 6.61. The molecule has 1 aromatic heterocycles. The summed E-state index contributed by atoms with van der Waals surface area (Å²) in [5.74, 6) is -2.53. The number of benzene rings is 1. The number of halogens is 6. The topological polar surface area (TPSA) is 78.5 Å². The van der Waals surface area contributed by atoms with Crippen molar-refractivity contribution in [1.29, 1.82) is 0 Å². The van der Waals surface area contributed by atoms with Crippen molar-refractivity contribution in [2.24, 2.45) is 11.3 Å². The largest absolute Gasteiger partial charge is 0.471 e. The van der Waals surface area contributed by atoms with Gasteiger partial charge in [0, 0.05) is 37.2 Å². The third-order valence-corrected chi connectivity index (χ3v) is 8.65. The summed E-state index contributed by atoms with van der Waals surface area (Å²) >= 11 is 0. The number of alkyl halides is 6. The van der Waals surface area contributed by atoms with E-state index in [9.17, 15) is 35.9 Å². The molecule has 5 rings (SSSR count). The van der Waals surface area contributed by atoms with Gasteiger partial charge in [-0.1, -0.05) is 13.8 Å². The third-order valence-electron chi connectivity index (χ3n) is 8.65. The lowest BCUT2D eigenvalue weighted by Gasteiger charge is -2.41. The van der Waals surface area contributed by atoms with Gasteiger partial charge in [-0.25, -0.2) is 0 Å². The van der Waals surface area contributed by atoms with Crippen LogP contribution in [0.1, 0.15) is 62.8 Å². The number of hydrogen-bond donors (Lipinski definition) is 1. The van der Waals surface area contributed by atoms with E-state index in [0.29, 0.717) is 16.6 Å². The second kappa shape index (κ2) is 9.67. The number of aromatic amines is 1. The Kier molecular flexibility index (Phi) is 6.87. The molecule has 3 aliphatic rings. The number of nitrogens with zero attached hydrogens (tertiary/aromatic N) is 3. The minimum atomic E-state index is -5.05. The zero-order valence-electron chi connectivity index (χ0n) is 21.6. The summed E-state index contributed by atoms with van der Waals surface area (Å²) in [6, 6.07) is 0.581.